The second kappa shape index (κ2) is 10.9. The minimum absolute atomic E-state index is 0.0308. The van der Waals surface area contributed by atoms with Gasteiger partial charge in [0.05, 0.1) is 17.8 Å². The third-order valence-corrected chi connectivity index (χ3v) is 7.27. The minimum atomic E-state index is -4.47. The lowest BCUT2D eigenvalue weighted by atomic mass is 9.87. The van der Waals surface area contributed by atoms with Crippen molar-refractivity contribution in [2.24, 2.45) is 0 Å². The smallest absolute Gasteiger partial charge is 0.370 e. The number of alkyl halides is 3. The first-order valence-corrected chi connectivity index (χ1v) is 13.5. The van der Waals surface area contributed by atoms with E-state index in [2.05, 4.69) is 72.5 Å². The van der Waals surface area contributed by atoms with Gasteiger partial charge in [-0.2, -0.15) is 13.2 Å². The summed E-state index contributed by atoms with van der Waals surface area (Å²) in [6.07, 6.45) is 4.38. The third-order valence-electron chi connectivity index (χ3n) is 7.27. The van der Waals surface area contributed by atoms with Gasteiger partial charge >= 0.3 is 6.18 Å². The first-order valence-electron chi connectivity index (χ1n) is 13.5. The lowest BCUT2D eigenvalue weighted by Crippen LogP contribution is -2.29. The molecule has 3 aromatic rings. The van der Waals surface area contributed by atoms with Crippen LogP contribution in [0.2, 0.25) is 0 Å². The highest BCUT2D eigenvalue weighted by atomic mass is 19.4. The highest BCUT2D eigenvalue weighted by Gasteiger charge is 2.36. The van der Waals surface area contributed by atoms with Gasteiger partial charge in [0.1, 0.15) is 17.5 Å². The van der Waals surface area contributed by atoms with Crippen LogP contribution in [0.1, 0.15) is 61.8 Å². The SMILES string of the molecule is CC(C)(C)c1ccc(Nc2nc(CN3C=CCCC3)nc3c2CCN(c2ncccc2C(F)(F)F)CC3)cc1. The van der Waals surface area contributed by atoms with E-state index in [0.717, 1.165) is 48.2 Å². The van der Waals surface area contributed by atoms with Gasteiger partial charge in [-0.15, -0.1) is 0 Å². The molecule has 0 fully saturated rings. The molecule has 9 heteroatoms. The maximum absolute atomic E-state index is 13.7. The Kier molecular flexibility index (Phi) is 7.51. The van der Waals surface area contributed by atoms with E-state index in [0.29, 0.717) is 38.3 Å². The lowest BCUT2D eigenvalue weighted by molar-refractivity contribution is -0.137. The Bertz CT molecular complexity index is 1330. The molecule has 0 radical (unpaired) electrons. The predicted molar refractivity (Wildman–Crippen MR) is 148 cm³/mol. The Labute approximate surface area is 228 Å². The van der Waals surface area contributed by atoms with E-state index in [1.165, 1.54) is 17.8 Å². The van der Waals surface area contributed by atoms with E-state index in [-0.39, 0.29) is 11.2 Å². The molecule has 5 rings (SSSR count). The van der Waals surface area contributed by atoms with Crippen molar-refractivity contribution in [1.82, 2.24) is 19.9 Å². The Balaban J connectivity index is 1.46. The van der Waals surface area contributed by atoms with Gasteiger partial charge < -0.3 is 15.1 Å². The van der Waals surface area contributed by atoms with E-state index >= 15 is 0 Å². The molecule has 0 amide bonds. The first-order chi connectivity index (χ1) is 18.6. The van der Waals surface area contributed by atoms with Crippen molar-refractivity contribution in [2.45, 2.75) is 64.6 Å². The summed E-state index contributed by atoms with van der Waals surface area (Å²) < 4.78 is 41.2. The zero-order valence-electron chi connectivity index (χ0n) is 22.7. The molecule has 1 N–H and O–H groups in total. The molecule has 0 saturated carbocycles. The second-order valence-electron chi connectivity index (χ2n) is 11.2. The zero-order chi connectivity index (χ0) is 27.6. The Morgan fingerprint density at radius 2 is 1.72 bits per heavy atom. The van der Waals surface area contributed by atoms with Crippen LogP contribution in [0.15, 0.2) is 54.9 Å². The van der Waals surface area contributed by atoms with Crippen molar-refractivity contribution in [3.63, 3.8) is 0 Å². The second-order valence-corrected chi connectivity index (χ2v) is 11.2. The average molecular weight is 537 g/mol. The maximum atomic E-state index is 13.7. The van der Waals surface area contributed by atoms with Crippen LogP contribution in [0.25, 0.3) is 0 Å². The van der Waals surface area contributed by atoms with Crippen LogP contribution in [0.5, 0.6) is 0 Å². The van der Waals surface area contributed by atoms with Gasteiger partial charge in [-0.05, 0) is 60.7 Å². The quantitative estimate of drug-likeness (QED) is 0.394. The van der Waals surface area contributed by atoms with Crippen LogP contribution in [-0.4, -0.2) is 39.5 Å². The molecule has 0 atom stereocenters. The van der Waals surface area contributed by atoms with Gasteiger partial charge in [0.25, 0.3) is 0 Å². The van der Waals surface area contributed by atoms with Crippen LogP contribution in [0.4, 0.5) is 30.5 Å². The van der Waals surface area contributed by atoms with E-state index in [9.17, 15) is 13.2 Å². The summed E-state index contributed by atoms with van der Waals surface area (Å²) in [5.74, 6) is 1.39. The minimum Gasteiger partial charge on any atom is -0.370 e. The molecule has 0 bridgehead atoms. The number of nitrogens with zero attached hydrogens (tertiary/aromatic N) is 5. The third kappa shape index (κ3) is 6.34. The zero-order valence-corrected chi connectivity index (χ0v) is 22.7. The molecule has 6 nitrogen and oxygen atoms in total. The molecule has 0 unspecified atom stereocenters. The number of halogens is 3. The summed E-state index contributed by atoms with van der Waals surface area (Å²) >= 11 is 0. The molecule has 1 aromatic carbocycles. The van der Waals surface area contributed by atoms with Crippen molar-refractivity contribution in [1.29, 1.82) is 0 Å². The van der Waals surface area contributed by atoms with Crippen LogP contribution in [0.3, 0.4) is 0 Å². The molecule has 4 heterocycles. The van der Waals surface area contributed by atoms with Crippen molar-refractivity contribution in [2.75, 3.05) is 29.9 Å². The highest BCUT2D eigenvalue weighted by Crippen LogP contribution is 2.36. The molecule has 0 saturated heterocycles. The van der Waals surface area contributed by atoms with Gasteiger partial charge in [-0.3, -0.25) is 0 Å². The maximum Gasteiger partial charge on any atom is 0.419 e. The van der Waals surface area contributed by atoms with E-state index < -0.39 is 11.7 Å². The molecule has 2 aromatic heterocycles. The highest BCUT2D eigenvalue weighted by molar-refractivity contribution is 5.62. The normalized spacial score (nSPS) is 16.2. The van der Waals surface area contributed by atoms with Gasteiger partial charge in [-0.25, -0.2) is 15.0 Å². The first kappa shape index (κ1) is 27.0. The Morgan fingerprint density at radius 3 is 2.41 bits per heavy atom. The van der Waals surface area contributed by atoms with Crippen LogP contribution in [0, 0.1) is 0 Å². The summed E-state index contributed by atoms with van der Waals surface area (Å²) in [7, 11) is 0. The number of anilines is 3. The lowest BCUT2D eigenvalue weighted by Gasteiger charge is -2.24. The molecular formula is C30H35F3N6. The van der Waals surface area contributed by atoms with Crippen molar-refractivity contribution in [3.05, 3.63) is 83.1 Å². The number of nitrogens with one attached hydrogen (secondary N) is 1. The number of allylic oxidation sites excluding steroid dienone is 1. The fraction of sp³-hybridized carbons (Fsp3) is 0.433. The average Bonchev–Trinajstić information content (AvgIpc) is 3.12. The molecule has 2 aliphatic heterocycles. The monoisotopic (exact) mass is 536 g/mol. The standard InChI is InChI=1S/C30H35F3N6/c1-29(2,3)21-9-11-22(12-10-21)35-27-23-13-18-39(28-24(30(31,32)33)8-7-15-34-28)19-14-25(23)36-26(37-27)20-38-16-5-4-6-17-38/h5,7-12,15-16H,4,6,13-14,17-20H2,1-3H3,(H,35,36,37). The number of pyridine rings is 1. The number of aromatic nitrogens is 3. The summed E-state index contributed by atoms with van der Waals surface area (Å²) in [6, 6.07) is 10.8. The Morgan fingerprint density at radius 1 is 0.949 bits per heavy atom. The van der Waals surface area contributed by atoms with Crippen molar-refractivity contribution in [3.8, 4) is 0 Å². The fourth-order valence-electron chi connectivity index (χ4n) is 5.12. The molecule has 0 aliphatic carbocycles. The predicted octanol–water partition coefficient (Wildman–Crippen LogP) is 6.65. The molecule has 0 spiro atoms. The number of hydrogen-bond donors (Lipinski definition) is 1. The Hall–Kier alpha value is -3.62. The summed E-state index contributed by atoms with van der Waals surface area (Å²) in [4.78, 5) is 17.9. The van der Waals surface area contributed by atoms with Crippen molar-refractivity contribution < 1.29 is 13.2 Å². The summed E-state index contributed by atoms with van der Waals surface area (Å²) in [6.45, 7) is 8.86. The summed E-state index contributed by atoms with van der Waals surface area (Å²) in [5.41, 5.74) is 3.30. The summed E-state index contributed by atoms with van der Waals surface area (Å²) in [5, 5.41) is 3.50. The molecule has 2 aliphatic rings. The van der Waals surface area contributed by atoms with Gasteiger partial charge in [0.2, 0.25) is 0 Å². The van der Waals surface area contributed by atoms with E-state index in [4.69, 9.17) is 9.97 Å². The molecular weight excluding hydrogens is 501 g/mol. The largest absolute Gasteiger partial charge is 0.419 e. The molecule has 206 valence electrons. The number of rotatable bonds is 5. The van der Waals surface area contributed by atoms with E-state index in [1.54, 1.807) is 4.90 Å². The van der Waals surface area contributed by atoms with Crippen LogP contribution >= 0.6 is 0 Å². The van der Waals surface area contributed by atoms with Crippen LogP contribution < -0.4 is 10.2 Å². The van der Waals surface area contributed by atoms with E-state index in [1.807, 2.05) is 0 Å². The van der Waals surface area contributed by atoms with Gasteiger partial charge in [-0.1, -0.05) is 39.0 Å². The molecule has 39 heavy (non-hydrogen) atoms. The van der Waals surface area contributed by atoms with Gasteiger partial charge in [0, 0.05) is 43.5 Å². The van der Waals surface area contributed by atoms with Crippen molar-refractivity contribution >= 4 is 17.3 Å². The topological polar surface area (TPSA) is 57.2 Å². The van der Waals surface area contributed by atoms with Crippen LogP contribution in [-0.2, 0) is 31.0 Å². The number of benzene rings is 1. The number of fused-ring (bicyclic) bond motifs is 1. The fourth-order valence-corrected chi connectivity index (χ4v) is 5.12. The van der Waals surface area contributed by atoms with Gasteiger partial charge in [0.15, 0.2) is 0 Å². The number of hydrogen-bond acceptors (Lipinski definition) is 6.